The van der Waals surface area contributed by atoms with E-state index in [2.05, 4.69) is 20.6 Å². The average molecular weight is 398 g/mol. The summed E-state index contributed by atoms with van der Waals surface area (Å²) in [4.78, 5) is 20.7. The predicted octanol–water partition coefficient (Wildman–Crippen LogP) is 2.46. The van der Waals surface area contributed by atoms with Gasteiger partial charge < -0.3 is 21.1 Å². The maximum absolute atomic E-state index is 13.8. The van der Waals surface area contributed by atoms with Crippen LogP contribution in [-0.4, -0.2) is 28.7 Å². The van der Waals surface area contributed by atoms with Gasteiger partial charge in [0.1, 0.15) is 23.2 Å². The SMILES string of the molecule is CO/C(NCc1ccccc1F)=C(\C)C(=N)c1nc(N)c2c(n1)NC(=O)C2(C)C. The number of nitrogens with zero attached hydrogens (tertiary/aromatic N) is 2. The summed E-state index contributed by atoms with van der Waals surface area (Å²) >= 11 is 0. The number of allylic oxidation sites excluding steroid dienone is 1. The number of amides is 1. The van der Waals surface area contributed by atoms with Gasteiger partial charge in [-0.25, -0.2) is 14.4 Å². The van der Waals surface area contributed by atoms with Crippen molar-refractivity contribution in [3.63, 3.8) is 0 Å². The van der Waals surface area contributed by atoms with Crippen LogP contribution >= 0.6 is 0 Å². The molecule has 1 aliphatic rings. The minimum atomic E-state index is -0.843. The molecule has 0 saturated carbocycles. The molecular weight excluding hydrogens is 375 g/mol. The van der Waals surface area contributed by atoms with Crippen LogP contribution in [0.4, 0.5) is 16.0 Å². The first-order valence-electron chi connectivity index (χ1n) is 8.97. The second-order valence-corrected chi connectivity index (χ2v) is 7.21. The molecule has 0 atom stereocenters. The van der Waals surface area contributed by atoms with Crippen LogP contribution < -0.4 is 16.4 Å². The minimum absolute atomic E-state index is 0.0312. The highest BCUT2D eigenvalue weighted by atomic mass is 19.1. The summed E-state index contributed by atoms with van der Waals surface area (Å²) in [5.41, 5.74) is 6.58. The number of benzene rings is 1. The van der Waals surface area contributed by atoms with E-state index in [1.165, 1.54) is 13.2 Å². The Morgan fingerprint density at radius 1 is 1.34 bits per heavy atom. The van der Waals surface area contributed by atoms with Gasteiger partial charge >= 0.3 is 0 Å². The summed E-state index contributed by atoms with van der Waals surface area (Å²) in [5.74, 6) is 0.219. The largest absolute Gasteiger partial charge is 0.482 e. The van der Waals surface area contributed by atoms with Crippen molar-refractivity contribution in [1.29, 1.82) is 5.41 Å². The van der Waals surface area contributed by atoms with E-state index in [0.29, 0.717) is 22.5 Å². The Labute approximate surface area is 167 Å². The Bertz CT molecular complexity index is 1030. The molecular formula is C20H23FN6O2. The highest BCUT2D eigenvalue weighted by Gasteiger charge is 2.42. The van der Waals surface area contributed by atoms with E-state index in [1.54, 1.807) is 39.0 Å². The fourth-order valence-electron chi connectivity index (χ4n) is 3.13. The van der Waals surface area contributed by atoms with Gasteiger partial charge in [0, 0.05) is 17.7 Å². The number of rotatable bonds is 6. The van der Waals surface area contributed by atoms with Crippen LogP contribution in [0.15, 0.2) is 35.7 Å². The number of aromatic nitrogens is 2. The second kappa shape index (κ2) is 7.50. The number of carbonyl (C=O) groups is 1. The summed E-state index contributed by atoms with van der Waals surface area (Å²) < 4.78 is 19.2. The monoisotopic (exact) mass is 398 g/mol. The molecule has 5 N–H and O–H groups in total. The van der Waals surface area contributed by atoms with E-state index < -0.39 is 5.41 Å². The number of carbonyl (C=O) groups excluding carboxylic acids is 1. The zero-order valence-electron chi connectivity index (χ0n) is 16.7. The highest BCUT2D eigenvalue weighted by molar-refractivity contribution is 6.10. The molecule has 0 spiro atoms. The summed E-state index contributed by atoms with van der Waals surface area (Å²) in [6, 6.07) is 6.38. The number of hydrogen-bond acceptors (Lipinski definition) is 7. The van der Waals surface area contributed by atoms with Crippen LogP contribution in [0.3, 0.4) is 0 Å². The fraction of sp³-hybridized carbons (Fsp3) is 0.300. The molecule has 0 unspecified atom stereocenters. The third kappa shape index (κ3) is 3.63. The van der Waals surface area contributed by atoms with Crippen molar-refractivity contribution >= 4 is 23.3 Å². The maximum Gasteiger partial charge on any atom is 0.235 e. The van der Waals surface area contributed by atoms with Crippen molar-refractivity contribution in [1.82, 2.24) is 15.3 Å². The van der Waals surface area contributed by atoms with E-state index in [1.807, 2.05) is 0 Å². The Morgan fingerprint density at radius 3 is 2.69 bits per heavy atom. The zero-order chi connectivity index (χ0) is 21.3. The lowest BCUT2D eigenvalue weighted by molar-refractivity contribution is -0.119. The van der Waals surface area contributed by atoms with Crippen molar-refractivity contribution in [2.24, 2.45) is 0 Å². The van der Waals surface area contributed by atoms with Crippen molar-refractivity contribution < 1.29 is 13.9 Å². The third-order valence-electron chi connectivity index (χ3n) is 4.90. The Morgan fingerprint density at radius 2 is 2.03 bits per heavy atom. The van der Waals surface area contributed by atoms with Gasteiger partial charge in [-0.1, -0.05) is 18.2 Å². The van der Waals surface area contributed by atoms with Gasteiger partial charge in [-0.2, -0.15) is 0 Å². The smallest absolute Gasteiger partial charge is 0.235 e. The van der Waals surface area contributed by atoms with Gasteiger partial charge in [-0.3, -0.25) is 10.2 Å². The van der Waals surface area contributed by atoms with Gasteiger partial charge in [-0.05, 0) is 26.8 Å². The summed E-state index contributed by atoms with van der Waals surface area (Å²) in [5, 5.41) is 14.1. The van der Waals surface area contributed by atoms with E-state index in [-0.39, 0.29) is 41.5 Å². The molecule has 1 aliphatic heterocycles. The summed E-state index contributed by atoms with van der Waals surface area (Å²) in [7, 11) is 1.45. The molecule has 0 bridgehead atoms. The molecule has 3 rings (SSSR count). The van der Waals surface area contributed by atoms with Crippen LogP contribution in [0.1, 0.15) is 37.7 Å². The number of nitrogens with one attached hydrogen (secondary N) is 3. The number of nitrogens with two attached hydrogens (primary N) is 1. The molecule has 8 nitrogen and oxygen atoms in total. The van der Waals surface area contributed by atoms with Gasteiger partial charge in [0.05, 0.1) is 18.1 Å². The van der Waals surface area contributed by atoms with Gasteiger partial charge in [0.25, 0.3) is 0 Å². The predicted molar refractivity (Wildman–Crippen MR) is 108 cm³/mol. The normalized spacial score (nSPS) is 15.3. The van der Waals surface area contributed by atoms with Crippen LogP contribution in [-0.2, 0) is 21.5 Å². The number of ether oxygens (including phenoxy) is 1. The van der Waals surface area contributed by atoms with Crippen molar-refractivity contribution in [2.75, 3.05) is 18.2 Å². The lowest BCUT2D eigenvalue weighted by Gasteiger charge is -2.17. The number of anilines is 2. The molecule has 2 aromatic rings. The molecule has 0 aliphatic carbocycles. The topological polar surface area (TPSA) is 126 Å². The molecule has 2 heterocycles. The number of hydrogen-bond donors (Lipinski definition) is 4. The lowest BCUT2D eigenvalue weighted by atomic mass is 9.87. The molecule has 29 heavy (non-hydrogen) atoms. The van der Waals surface area contributed by atoms with Gasteiger partial charge in [-0.15, -0.1) is 0 Å². The molecule has 0 saturated heterocycles. The molecule has 152 valence electrons. The van der Waals surface area contributed by atoms with Crippen LogP contribution in [0.5, 0.6) is 0 Å². The Kier molecular flexibility index (Phi) is 5.23. The number of fused-ring (bicyclic) bond motifs is 1. The number of methoxy groups -OCH3 is 1. The molecule has 1 aromatic heterocycles. The van der Waals surface area contributed by atoms with Crippen molar-refractivity contribution in [3.05, 3.63) is 58.5 Å². The van der Waals surface area contributed by atoms with E-state index >= 15 is 0 Å². The van der Waals surface area contributed by atoms with Crippen molar-refractivity contribution in [2.45, 2.75) is 32.7 Å². The van der Waals surface area contributed by atoms with Crippen LogP contribution in [0.25, 0.3) is 0 Å². The molecule has 9 heteroatoms. The first-order chi connectivity index (χ1) is 13.7. The Balaban J connectivity index is 1.89. The third-order valence-corrected chi connectivity index (χ3v) is 4.90. The minimum Gasteiger partial charge on any atom is -0.482 e. The standard InChI is InChI=1S/C20H23FN6O2/c1-10(18(29-4)24-9-11-7-5-6-8-12(11)21)14(22)17-25-15(23)13-16(26-17)27-19(28)20(13,2)3/h5-8,22,24H,9H2,1-4H3,(H3,23,25,26,27,28)/b18-10+,22-14?. The summed E-state index contributed by atoms with van der Waals surface area (Å²) in [6.45, 7) is 5.31. The summed E-state index contributed by atoms with van der Waals surface area (Å²) in [6.07, 6.45) is 0. The second-order valence-electron chi connectivity index (χ2n) is 7.21. The van der Waals surface area contributed by atoms with Gasteiger partial charge in [0.15, 0.2) is 11.7 Å². The van der Waals surface area contributed by atoms with Crippen LogP contribution in [0, 0.1) is 11.2 Å². The molecule has 1 aromatic carbocycles. The average Bonchev–Trinajstić information content (AvgIpc) is 2.91. The molecule has 0 fully saturated rings. The maximum atomic E-state index is 13.8. The first kappa shape index (κ1) is 20.2. The fourth-order valence-corrected chi connectivity index (χ4v) is 3.13. The highest BCUT2D eigenvalue weighted by Crippen LogP contribution is 2.39. The molecule has 0 radical (unpaired) electrons. The lowest BCUT2D eigenvalue weighted by Crippen LogP contribution is -2.27. The van der Waals surface area contributed by atoms with Gasteiger partial charge in [0.2, 0.25) is 5.91 Å². The van der Waals surface area contributed by atoms with E-state index in [9.17, 15) is 9.18 Å². The Hall–Kier alpha value is -3.49. The molecule has 1 amide bonds. The number of nitrogen functional groups attached to an aromatic ring is 1. The van der Waals surface area contributed by atoms with Crippen molar-refractivity contribution in [3.8, 4) is 0 Å². The van der Waals surface area contributed by atoms with Crippen LogP contribution in [0.2, 0.25) is 0 Å². The first-order valence-corrected chi connectivity index (χ1v) is 8.97. The zero-order valence-corrected chi connectivity index (χ0v) is 16.7. The van der Waals surface area contributed by atoms with E-state index in [4.69, 9.17) is 15.9 Å². The quantitative estimate of drug-likeness (QED) is 0.437. The van der Waals surface area contributed by atoms with E-state index in [0.717, 1.165) is 0 Å². The number of halogens is 1.